The van der Waals surface area contributed by atoms with Crippen LogP contribution >= 0.6 is 0 Å². The van der Waals surface area contributed by atoms with Crippen molar-refractivity contribution >= 4 is 11.8 Å². The summed E-state index contributed by atoms with van der Waals surface area (Å²) in [5.41, 5.74) is -0.370. The topological polar surface area (TPSA) is 37.4 Å². The molecule has 2 fully saturated rings. The molecule has 3 atom stereocenters. The predicted octanol–water partition coefficient (Wildman–Crippen LogP) is 2.84. The Kier molecular flexibility index (Phi) is 2.88. The Morgan fingerprint density at radius 1 is 1.28 bits per heavy atom. The zero-order valence-electron chi connectivity index (χ0n) is 12.4. The quantitative estimate of drug-likeness (QED) is 0.756. The van der Waals surface area contributed by atoms with Gasteiger partial charge in [-0.1, -0.05) is 34.6 Å². The Hall–Kier alpha value is -0.860. The standard InChI is InChI=1S/C15H25NO2/c1-9(2)10(3)12(17)16-13(18)11-7-8-15(16,6)14(11,4)5/h9-11H,7-8H2,1-6H3/t10-,11+,15+/m0/s1. The lowest BCUT2D eigenvalue weighted by Crippen LogP contribution is -2.54. The summed E-state index contributed by atoms with van der Waals surface area (Å²) in [6.45, 7) is 12.4. The lowest BCUT2D eigenvalue weighted by Gasteiger charge is -2.41. The summed E-state index contributed by atoms with van der Waals surface area (Å²) in [5, 5.41) is 0. The van der Waals surface area contributed by atoms with Gasteiger partial charge in [0.2, 0.25) is 11.8 Å². The number of hydrogen-bond acceptors (Lipinski definition) is 2. The first kappa shape index (κ1) is 13.6. The van der Waals surface area contributed by atoms with Crippen LogP contribution in [-0.4, -0.2) is 22.3 Å². The van der Waals surface area contributed by atoms with Gasteiger partial charge in [0.15, 0.2) is 0 Å². The molecule has 1 saturated heterocycles. The van der Waals surface area contributed by atoms with Crippen LogP contribution in [0.15, 0.2) is 0 Å². The van der Waals surface area contributed by atoms with E-state index in [2.05, 4.69) is 20.8 Å². The van der Waals surface area contributed by atoms with Crippen molar-refractivity contribution in [1.29, 1.82) is 0 Å². The first-order valence-corrected chi connectivity index (χ1v) is 7.02. The minimum absolute atomic E-state index is 0.0211. The fourth-order valence-corrected chi connectivity index (χ4v) is 3.56. The molecule has 2 aliphatic rings. The minimum Gasteiger partial charge on any atom is -0.276 e. The molecule has 18 heavy (non-hydrogen) atoms. The number of imide groups is 1. The van der Waals surface area contributed by atoms with Crippen molar-refractivity contribution in [1.82, 2.24) is 4.90 Å². The molecule has 0 radical (unpaired) electrons. The number of nitrogens with zero attached hydrogens (tertiary/aromatic N) is 1. The number of amides is 2. The van der Waals surface area contributed by atoms with Crippen molar-refractivity contribution in [2.45, 2.75) is 59.9 Å². The molecule has 0 aromatic carbocycles. The van der Waals surface area contributed by atoms with Gasteiger partial charge in [-0.3, -0.25) is 14.5 Å². The third kappa shape index (κ3) is 1.42. The van der Waals surface area contributed by atoms with Gasteiger partial charge in [-0.15, -0.1) is 0 Å². The number of carbonyl (C=O) groups excluding carboxylic acids is 2. The molecule has 0 aromatic rings. The monoisotopic (exact) mass is 251 g/mol. The van der Waals surface area contributed by atoms with E-state index in [4.69, 9.17) is 0 Å². The van der Waals surface area contributed by atoms with Crippen LogP contribution in [0.5, 0.6) is 0 Å². The van der Waals surface area contributed by atoms with Gasteiger partial charge < -0.3 is 0 Å². The predicted molar refractivity (Wildman–Crippen MR) is 70.8 cm³/mol. The molecular weight excluding hydrogens is 226 g/mol. The highest BCUT2D eigenvalue weighted by atomic mass is 16.2. The summed E-state index contributed by atoms with van der Waals surface area (Å²) in [6, 6.07) is 0. The Morgan fingerprint density at radius 3 is 2.22 bits per heavy atom. The zero-order valence-corrected chi connectivity index (χ0v) is 12.4. The smallest absolute Gasteiger partial charge is 0.233 e. The first-order chi connectivity index (χ1) is 8.14. The summed E-state index contributed by atoms with van der Waals surface area (Å²) in [5.74, 6) is 0.307. The van der Waals surface area contributed by atoms with Crippen LogP contribution in [0.1, 0.15) is 54.4 Å². The fourth-order valence-electron chi connectivity index (χ4n) is 3.56. The van der Waals surface area contributed by atoms with Crippen molar-refractivity contribution in [2.24, 2.45) is 23.2 Å². The average molecular weight is 251 g/mol. The van der Waals surface area contributed by atoms with Gasteiger partial charge in [0.25, 0.3) is 0 Å². The van der Waals surface area contributed by atoms with E-state index in [0.717, 1.165) is 12.8 Å². The maximum absolute atomic E-state index is 12.6. The van der Waals surface area contributed by atoms with E-state index >= 15 is 0 Å². The summed E-state index contributed by atoms with van der Waals surface area (Å²) in [6.07, 6.45) is 1.88. The van der Waals surface area contributed by atoms with Crippen molar-refractivity contribution < 1.29 is 9.59 Å². The maximum Gasteiger partial charge on any atom is 0.233 e. The summed E-state index contributed by atoms with van der Waals surface area (Å²) in [7, 11) is 0. The molecule has 1 heterocycles. The normalized spacial score (nSPS) is 35.4. The highest BCUT2D eigenvalue weighted by Gasteiger charge is 2.67. The van der Waals surface area contributed by atoms with Crippen molar-refractivity contribution in [2.75, 3.05) is 0 Å². The molecule has 0 unspecified atom stereocenters. The zero-order chi connectivity index (χ0) is 13.9. The molecular formula is C15H25NO2. The highest BCUT2D eigenvalue weighted by Crippen LogP contribution is 2.59. The number of fused-ring (bicyclic) bond motifs is 2. The van der Waals surface area contributed by atoms with Crippen LogP contribution in [0.25, 0.3) is 0 Å². The largest absolute Gasteiger partial charge is 0.276 e. The van der Waals surface area contributed by atoms with E-state index in [1.165, 1.54) is 0 Å². The van der Waals surface area contributed by atoms with Gasteiger partial charge in [0, 0.05) is 11.8 Å². The van der Waals surface area contributed by atoms with Crippen LogP contribution in [0.4, 0.5) is 0 Å². The SMILES string of the molecule is CC(C)[C@H](C)C(=O)N1C(=O)[C@H]2CC[C@]1(C)C2(C)C. The fraction of sp³-hybridized carbons (Fsp3) is 0.867. The van der Waals surface area contributed by atoms with E-state index in [1.807, 2.05) is 20.8 Å². The lowest BCUT2D eigenvalue weighted by molar-refractivity contribution is -0.154. The molecule has 2 amide bonds. The number of likely N-dealkylation sites (tertiary alicyclic amines) is 1. The molecule has 0 spiro atoms. The molecule has 1 aliphatic carbocycles. The van der Waals surface area contributed by atoms with E-state index in [9.17, 15) is 9.59 Å². The first-order valence-electron chi connectivity index (χ1n) is 7.02. The van der Waals surface area contributed by atoms with E-state index in [0.29, 0.717) is 0 Å². The van der Waals surface area contributed by atoms with Crippen molar-refractivity contribution in [3.8, 4) is 0 Å². The molecule has 1 aliphatic heterocycles. The van der Waals surface area contributed by atoms with Crippen LogP contribution in [0.2, 0.25) is 0 Å². The second-order valence-electron chi connectivity index (χ2n) is 7.13. The minimum atomic E-state index is -0.283. The van der Waals surface area contributed by atoms with E-state index in [1.54, 1.807) is 4.90 Å². The van der Waals surface area contributed by atoms with Crippen LogP contribution in [-0.2, 0) is 9.59 Å². The Morgan fingerprint density at radius 2 is 1.83 bits per heavy atom. The number of hydrogen-bond donors (Lipinski definition) is 0. The van der Waals surface area contributed by atoms with Gasteiger partial charge in [-0.25, -0.2) is 0 Å². The summed E-state index contributed by atoms with van der Waals surface area (Å²) < 4.78 is 0. The van der Waals surface area contributed by atoms with Crippen molar-refractivity contribution in [3.05, 3.63) is 0 Å². The highest BCUT2D eigenvalue weighted by molar-refractivity contribution is 6.01. The molecule has 3 heteroatoms. The van der Waals surface area contributed by atoms with Crippen LogP contribution in [0.3, 0.4) is 0 Å². The second-order valence-corrected chi connectivity index (χ2v) is 7.13. The Labute approximate surface area is 110 Å². The summed E-state index contributed by atoms with van der Waals surface area (Å²) >= 11 is 0. The van der Waals surface area contributed by atoms with E-state index < -0.39 is 0 Å². The Balaban J connectivity index is 2.36. The van der Waals surface area contributed by atoms with Gasteiger partial charge in [0.05, 0.1) is 5.54 Å². The third-order valence-electron chi connectivity index (χ3n) is 5.80. The van der Waals surface area contributed by atoms with Gasteiger partial charge in [0.1, 0.15) is 0 Å². The molecule has 1 saturated carbocycles. The van der Waals surface area contributed by atoms with Gasteiger partial charge >= 0.3 is 0 Å². The number of piperidine rings is 1. The second kappa shape index (κ2) is 3.82. The Bertz CT molecular complexity index is 399. The molecule has 2 bridgehead atoms. The van der Waals surface area contributed by atoms with Crippen LogP contribution < -0.4 is 0 Å². The number of carbonyl (C=O) groups is 2. The molecule has 2 rings (SSSR count). The van der Waals surface area contributed by atoms with E-state index in [-0.39, 0.29) is 40.5 Å². The van der Waals surface area contributed by atoms with Gasteiger partial charge in [-0.2, -0.15) is 0 Å². The van der Waals surface area contributed by atoms with Gasteiger partial charge in [-0.05, 0) is 31.1 Å². The average Bonchev–Trinajstić information content (AvgIpc) is 2.56. The number of rotatable bonds is 2. The van der Waals surface area contributed by atoms with Crippen molar-refractivity contribution in [3.63, 3.8) is 0 Å². The molecule has 0 N–H and O–H groups in total. The molecule has 0 aromatic heterocycles. The summed E-state index contributed by atoms with van der Waals surface area (Å²) in [4.78, 5) is 26.6. The molecule has 102 valence electrons. The lowest BCUT2D eigenvalue weighted by atomic mass is 9.74. The third-order valence-corrected chi connectivity index (χ3v) is 5.80. The maximum atomic E-state index is 12.6. The molecule has 3 nitrogen and oxygen atoms in total. The van der Waals surface area contributed by atoms with Crippen LogP contribution in [0, 0.1) is 23.2 Å².